The van der Waals surface area contributed by atoms with Gasteiger partial charge in [0, 0.05) is 5.69 Å². The third kappa shape index (κ3) is 3.08. The van der Waals surface area contributed by atoms with E-state index in [0.29, 0.717) is 22.9 Å². The van der Waals surface area contributed by atoms with Crippen LogP contribution in [0.5, 0.6) is 0 Å². The second-order valence-corrected chi connectivity index (χ2v) is 4.69. The maximum absolute atomic E-state index is 13.2. The number of nitrogens with one attached hydrogen (secondary N) is 1. The number of hydrogen-bond acceptors (Lipinski definition) is 5. The van der Waals surface area contributed by atoms with Crippen molar-refractivity contribution in [2.45, 2.75) is 13.8 Å². The minimum Gasteiger partial charge on any atom is -0.461 e. The zero-order valence-electron chi connectivity index (χ0n) is 10.6. The lowest BCUT2D eigenvalue weighted by Crippen LogP contribution is -2.07. The largest absolute Gasteiger partial charge is 0.461 e. The van der Waals surface area contributed by atoms with E-state index in [1.165, 1.54) is 17.4 Å². The number of aromatic nitrogens is 1. The Labute approximate surface area is 114 Å². The molecule has 100 valence electrons. The summed E-state index contributed by atoms with van der Waals surface area (Å²) in [5, 5.41) is 3.64. The molecule has 2 rings (SSSR count). The molecule has 0 bridgehead atoms. The summed E-state index contributed by atoms with van der Waals surface area (Å²) in [5.41, 5.74) is 3.04. The Morgan fingerprint density at radius 2 is 2.32 bits per heavy atom. The molecule has 4 nitrogen and oxygen atoms in total. The van der Waals surface area contributed by atoms with Crippen LogP contribution in [0.15, 0.2) is 23.7 Å². The van der Waals surface area contributed by atoms with Crippen LogP contribution in [-0.4, -0.2) is 17.6 Å². The van der Waals surface area contributed by atoms with Crippen molar-refractivity contribution in [3.05, 3.63) is 40.8 Å². The quantitative estimate of drug-likeness (QED) is 0.871. The van der Waals surface area contributed by atoms with E-state index in [-0.39, 0.29) is 11.5 Å². The van der Waals surface area contributed by atoms with E-state index in [9.17, 15) is 9.18 Å². The molecule has 0 saturated heterocycles. The molecular formula is C13H13FN2O2S. The lowest BCUT2D eigenvalue weighted by atomic mass is 10.2. The monoisotopic (exact) mass is 280 g/mol. The van der Waals surface area contributed by atoms with Crippen molar-refractivity contribution in [2.75, 3.05) is 11.9 Å². The SMILES string of the molecule is CCOC(=O)c1ncsc1Nc1ccc(F)c(C)c1. The number of rotatable bonds is 4. The van der Waals surface area contributed by atoms with Crippen molar-refractivity contribution in [2.24, 2.45) is 0 Å². The highest BCUT2D eigenvalue weighted by Gasteiger charge is 2.16. The van der Waals surface area contributed by atoms with Gasteiger partial charge >= 0.3 is 5.97 Å². The molecule has 2 aromatic rings. The molecule has 1 heterocycles. The Kier molecular flexibility index (Phi) is 4.11. The number of benzene rings is 1. The van der Waals surface area contributed by atoms with Crippen LogP contribution in [0, 0.1) is 12.7 Å². The van der Waals surface area contributed by atoms with Gasteiger partial charge < -0.3 is 10.1 Å². The first kappa shape index (κ1) is 13.5. The summed E-state index contributed by atoms with van der Waals surface area (Å²) in [6.45, 7) is 3.71. The minimum atomic E-state index is -0.468. The Balaban J connectivity index is 2.21. The highest BCUT2D eigenvalue weighted by atomic mass is 32.1. The molecular weight excluding hydrogens is 267 g/mol. The lowest BCUT2D eigenvalue weighted by molar-refractivity contribution is 0.0521. The molecule has 19 heavy (non-hydrogen) atoms. The number of nitrogens with zero attached hydrogens (tertiary/aromatic N) is 1. The fourth-order valence-corrected chi connectivity index (χ4v) is 2.22. The topological polar surface area (TPSA) is 51.2 Å². The molecule has 0 fully saturated rings. The van der Waals surface area contributed by atoms with E-state index in [0.717, 1.165) is 0 Å². The van der Waals surface area contributed by atoms with Gasteiger partial charge in [0.15, 0.2) is 5.69 Å². The standard InChI is InChI=1S/C13H13FN2O2S/c1-3-18-13(17)11-12(19-7-15-11)16-9-4-5-10(14)8(2)6-9/h4-7,16H,3H2,1-2H3. The number of aryl methyl sites for hydroxylation is 1. The fourth-order valence-electron chi connectivity index (χ4n) is 1.53. The average molecular weight is 280 g/mol. The zero-order chi connectivity index (χ0) is 13.8. The van der Waals surface area contributed by atoms with Crippen LogP contribution in [0.25, 0.3) is 0 Å². The molecule has 0 radical (unpaired) electrons. The maximum atomic E-state index is 13.2. The number of hydrogen-bond donors (Lipinski definition) is 1. The van der Waals surface area contributed by atoms with Gasteiger partial charge in [0.1, 0.15) is 10.8 Å². The van der Waals surface area contributed by atoms with Crippen molar-refractivity contribution < 1.29 is 13.9 Å². The van der Waals surface area contributed by atoms with Gasteiger partial charge in [-0.2, -0.15) is 0 Å². The molecule has 0 aliphatic heterocycles. The van der Waals surface area contributed by atoms with Gasteiger partial charge in [-0.3, -0.25) is 0 Å². The van der Waals surface area contributed by atoms with Gasteiger partial charge in [-0.1, -0.05) is 0 Å². The number of esters is 1. The molecule has 0 atom stereocenters. The van der Waals surface area contributed by atoms with E-state index in [1.54, 1.807) is 31.5 Å². The van der Waals surface area contributed by atoms with Gasteiger partial charge in [-0.25, -0.2) is 14.2 Å². The van der Waals surface area contributed by atoms with E-state index in [1.807, 2.05) is 0 Å². The maximum Gasteiger partial charge on any atom is 0.360 e. The second kappa shape index (κ2) is 5.79. The van der Waals surface area contributed by atoms with Gasteiger partial charge in [0.25, 0.3) is 0 Å². The Hall–Kier alpha value is -1.95. The lowest BCUT2D eigenvalue weighted by Gasteiger charge is -2.07. The zero-order valence-corrected chi connectivity index (χ0v) is 11.4. The summed E-state index contributed by atoms with van der Waals surface area (Å²) in [4.78, 5) is 15.6. The predicted octanol–water partition coefficient (Wildman–Crippen LogP) is 3.51. The molecule has 0 aliphatic rings. The van der Waals surface area contributed by atoms with Gasteiger partial charge in [-0.15, -0.1) is 11.3 Å². The van der Waals surface area contributed by atoms with Crippen LogP contribution in [0.1, 0.15) is 23.0 Å². The van der Waals surface area contributed by atoms with Crippen LogP contribution in [0.4, 0.5) is 15.1 Å². The van der Waals surface area contributed by atoms with Gasteiger partial charge in [0.05, 0.1) is 12.1 Å². The van der Waals surface area contributed by atoms with Crippen molar-refractivity contribution in [3.63, 3.8) is 0 Å². The Morgan fingerprint density at radius 3 is 3.00 bits per heavy atom. The van der Waals surface area contributed by atoms with Crippen molar-refractivity contribution in [1.82, 2.24) is 4.98 Å². The van der Waals surface area contributed by atoms with Crippen LogP contribution >= 0.6 is 11.3 Å². The van der Waals surface area contributed by atoms with Crippen molar-refractivity contribution in [1.29, 1.82) is 0 Å². The molecule has 0 unspecified atom stereocenters. The van der Waals surface area contributed by atoms with Crippen LogP contribution in [-0.2, 0) is 4.74 Å². The first-order valence-corrected chi connectivity index (χ1v) is 6.63. The van der Waals surface area contributed by atoms with E-state index < -0.39 is 5.97 Å². The third-order valence-electron chi connectivity index (χ3n) is 2.45. The van der Waals surface area contributed by atoms with Crippen LogP contribution in [0.2, 0.25) is 0 Å². The number of anilines is 2. The van der Waals surface area contributed by atoms with E-state index >= 15 is 0 Å². The molecule has 1 N–H and O–H groups in total. The van der Waals surface area contributed by atoms with Gasteiger partial charge in [-0.05, 0) is 37.6 Å². The summed E-state index contributed by atoms with van der Waals surface area (Å²) < 4.78 is 18.1. The highest BCUT2D eigenvalue weighted by molar-refractivity contribution is 7.14. The smallest absolute Gasteiger partial charge is 0.360 e. The number of halogens is 1. The third-order valence-corrected chi connectivity index (χ3v) is 3.19. The first-order valence-electron chi connectivity index (χ1n) is 5.75. The minimum absolute atomic E-state index is 0.244. The summed E-state index contributed by atoms with van der Waals surface area (Å²) in [5.74, 6) is -0.731. The average Bonchev–Trinajstić information content (AvgIpc) is 2.82. The number of carbonyl (C=O) groups excluding carboxylic acids is 1. The first-order chi connectivity index (χ1) is 9.11. The van der Waals surface area contributed by atoms with E-state index in [4.69, 9.17) is 4.74 Å². The normalized spacial score (nSPS) is 10.3. The second-order valence-electron chi connectivity index (χ2n) is 3.84. The number of thiazole rings is 1. The predicted molar refractivity (Wildman–Crippen MR) is 72.5 cm³/mol. The molecule has 0 aliphatic carbocycles. The van der Waals surface area contributed by atoms with Gasteiger partial charge in [0.2, 0.25) is 0 Å². The van der Waals surface area contributed by atoms with E-state index in [2.05, 4.69) is 10.3 Å². The molecule has 0 spiro atoms. The summed E-state index contributed by atoms with van der Waals surface area (Å²) in [6.07, 6.45) is 0. The highest BCUT2D eigenvalue weighted by Crippen LogP contribution is 2.26. The Bertz CT molecular complexity index is 598. The molecule has 0 amide bonds. The molecule has 6 heteroatoms. The van der Waals surface area contributed by atoms with Crippen LogP contribution < -0.4 is 5.32 Å². The molecule has 1 aromatic heterocycles. The van der Waals surface area contributed by atoms with Crippen LogP contribution in [0.3, 0.4) is 0 Å². The summed E-state index contributed by atoms with van der Waals surface area (Å²) in [6, 6.07) is 4.66. The number of ether oxygens (including phenoxy) is 1. The van der Waals surface area contributed by atoms with Crippen molar-refractivity contribution >= 4 is 28.0 Å². The summed E-state index contributed by atoms with van der Waals surface area (Å²) in [7, 11) is 0. The molecule has 0 saturated carbocycles. The van der Waals surface area contributed by atoms with Crippen molar-refractivity contribution in [3.8, 4) is 0 Å². The fraction of sp³-hybridized carbons (Fsp3) is 0.231. The Morgan fingerprint density at radius 1 is 1.53 bits per heavy atom. The molecule has 1 aromatic carbocycles. The summed E-state index contributed by atoms with van der Waals surface area (Å²) >= 11 is 1.29. The number of carbonyl (C=O) groups is 1.